The largest absolute Gasteiger partial charge is 0.349 e. The maximum absolute atomic E-state index is 12.2. The summed E-state index contributed by atoms with van der Waals surface area (Å²) in [5.74, 6) is 0.220. The van der Waals surface area contributed by atoms with Crippen molar-refractivity contribution in [1.29, 1.82) is 0 Å². The molecule has 0 bridgehead atoms. The van der Waals surface area contributed by atoms with Gasteiger partial charge < -0.3 is 19.3 Å². The molecule has 3 N–H and O–H groups in total. The zero-order valence-corrected chi connectivity index (χ0v) is 15.9. The minimum absolute atomic E-state index is 0.104. The van der Waals surface area contributed by atoms with Gasteiger partial charge in [0.05, 0.1) is 17.6 Å². The van der Waals surface area contributed by atoms with Crippen molar-refractivity contribution in [2.45, 2.75) is 20.4 Å². The standard InChI is InChI=1S/C16H20N5O5P/c1-9-7-11-12(8-10(9)2)21(5-3-17-4-6-26-27(24)25)14-13(18-11)15(22)20-16(23)19-14/h7-8,17,27H,3-6H2,1-2H3,(H,24,25)(H,20,22,23). The summed E-state index contributed by atoms with van der Waals surface area (Å²) >= 11 is 0. The summed E-state index contributed by atoms with van der Waals surface area (Å²) in [5.41, 5.74) is 2.31. The molecule has 2 aliphatic heterocycles. The van der Waals surface area contributed by atoms with Gasteiger partial charge in [-0.2, -0.15) is 4.98 Å². The lowest BCUT2D eigenvalue weighted by Gasteiger charge is -2.18. The van der Waals surface area contributed by atoms with E-state index in [4.69, 9.17) is 4.89 Å². The summed E-state index contributed by atoms with van der Waals surface area (Å²) in [5, 5.41) is 3.08. The average Bonchev–Trinajstić information content (AvgIpc) is 2.59. The van der Waals surface area contributed by atoms with Crippen molar-refractivity contribution in [3.8, 4) is 11.5 Å². The third kappa shape index (κ3) is 4.30. The molecule has 2 heterocycles. The first-order chi connectivity index (χ1) is 12.9. The highest BCUT2D eigenvalue weighted by Crippen LogP contribution is 2.23. The second-order valence-corrected chi connectivity index (χ2v) is 6.92. The first-order valence-electron chi connectivity index (χ1n) is 8.35. The number of aryl methyl sites for hydroxylation is 2. The molecule has 1 atom stereocenters. The molecule has 0 saturated heterocycles. The fourth-order valence-electron chi connectivity index (χ4n) is 2.80. The predicted octanol–water partition coefficient (Wildman–Crippen LogP) is 0.190. The topological polar surface area (TPSA) is 139 Å². The van der Waals surface area contributed by atoms with Crippen LogP contribution in [0.4, 0.5) is 0 Å². The average molecular weight is 393 g/mol. The van der Waals surface area contributed by atoms with E-state index in [9.17, 15) is 14.2 Å². The van der Waals surface area contributed by atoms with Gasteiger partial charge >= 0.3 is 13.9 Å². The molecule has 11 heteroatoms. The quantitative estimate of drug-likeness (QED) is 0.294. The van der Waals surface area contributed by atoms with Crippen molar-refractivity contribution in [3.05, 3.63) is 44.1 Å². The van der Waals surface area contributed by atoms with Crippen molar-refractivity contribution in [1.82, 2.24) is 24.8 Å². The molecular weight excluding hydrogens is 373 g/mol. The molecule has 0 spiro atoms. The zero-order chi connectivity index (χ0) is 19.6. The van der Waals surface area contributed by atoms with Crippen LogP contribution in [0.1, 0.15) is 11.1 Å². The van der Waals surface area contributed by atoms with Crippen LogP contribution in [0.5, 0.6) is 0 Å². The van der Waals surface area contributed by atoms with E-state index >= 15 is 0 Å². The van der Waals surface area contributed by atoms with Crippen LogP contribution < -0.4 is 16.6 Å². The summed E-state index contributed by atoms with van der Waals surface area (Å²) < 4.78 is 16.9. The molecular formula is C16H20N5O5P. The molecule has 0 aliphatic carbocycles. The Balaban J connectivity index is 1.99. The third-order valence-corrected chi connectivity index (χ3v) is 4.69. The smallest absolute Gasteiger partial charge is 0.326 e. The number of hydrogen-bond donors (Lipinski definition) is 3. The Hall–Kier alpha value is -2.39. The van der Waals surface area contributed by atoms with E-state index < -0.39 is 19.5 Å². The van der Waals surface area contributed by atoms with Gasteiger partial charge in [-0.25, -0.2) is 9.78 Å². The van der Waals surface area contributed by atoms with Crippen LogP contribution in [-0.2, 0) is 15.6 Å². The van der Waals surface area contributed by atoms with Gasteiger partial charge in [0.15, 0.2) is 11.5 Å². The minimum atomic E-state index is -2.93. The number of nitrogens with one attached hydrogen (secondary N) is 2. The number of H-pyrrole nitrogens is 1. The van der Waals surface area contributed by atoms with E-state index in [1.165, 1.54) is 0 Å². The van der Waals surface area contributed by atoms with Gasteiger partial charge in [-0.1, -0.05) is 0 Å². The number of hydrogen-bond acceptors (Lipinski definition) is 7. The Bertz CT molecular complexity index is 1090. The van der Waals surface area contributed by atoms with Crippen molar-refractivity contribution >= 4 is 19.3 Å². The fraction of sp³-hybridized carbons (Fsp3) is 0.375. The first-order valence-corrected chi connectivity index (χ1v) is 9.61. The second kappa shape index (κ2) is 8.10. The normalized spacial score (nSPS) is 12.7. The lowest BCUT2D eigenvalue weighted by Crippen LogP contribution is -2.30. The highest BCUT2D eigenvalue weighted by atomic mass is 31.1. The Morgan fingerprint density at radius 2 is 1.96 bits per heavy atom. The summed E-state index contributed by atoms with van der Waals surface area (Å²) in [6.07, 6.45) is 0. The summed E-state index contributed by atoms with van der Waals surface area (Å²) in [6.45, 7) is 5.32. The van der Waals surface area contributed by atoms with Crippen LogP contribution in [-0.4, -0.2) is 44.1 Å². The molecule has 0 aromatic heterocycles. The number of fused-ring (bicyclic) bond motifs is 2. The minimum Gasteiger partial charge on any atom is -0.326 e. The Labute approximate surface area is 154 Å². The maximum atomic E-state index is 12.2. The van der Waals surface area contributed by atoms with Crippen LogP contribution in [0.25, 0.3) is 22.6 Å². The van der Waals surface area contributed by atoms with Crippen LogP contribution in [0.15, 0.2) is 21.7 Å². The van der Waals surface area contributed by atoms with Gasteiger partial charge in [-0.3, -0.25) is 14.3 Å². The number of rotatable bonds is 7. The molecule has 1 aromatic carbocycles. The Kier molecular flexibility index (Phi) is 5.81. The molecule has 144 valence electrons. The molecule has 27 heavy (non-hydrogen) atoms. The molecule has 3 rings (SSSR count). The molecule has 10 nitrogen and oxygen atoms in total. The Morgan fingerprint density at radius 3 is 2.70 bits per heavy atom. The van der Waals surface area contributed by atoms with Crippen molar-refractivity contribution in [3.63, 3.8) is 0 Å². The molecule has 0 saturated carbocycles. The lowest BCUT2D eigenvalue weighted by atomic mass is 10.1. The number of aromatic nitrogens is 4. The van der Waals surface area contributed by atoms with Crippen molar-refractivity contribution in [2.75, 3.05) is 19.7 Å². The highest BCUT2D eigenvalue weighted by molar-refractivity contribution is 7.32. The summed E-state index contributed by atoms with van der Waals surface area (Å²) in [7, 11) is -2.93. The van der Waals surface area contributed by atoms with Crippen LogP contribution in [0.3, 0.4) is 0 Å². The Morgan fingerprint density at radius 1 is 1.22 bits per heavy atom. The van der Waals surface area contributed by atoms with E-state index in [0.717, 1.165) is 16.6 Å². The van der Waals surface area contributed by atoms with Gasteiger partial charge in [0.25, 0.3) is 5.56 Å². The van der Waals surface area contributed by atoms with E-state index in [1.807, 2.05) is 26.0 Å². The molecule has 0 fully saturated rings. The first kappa shape index (κ1) is 19.4. The number of benzene rings is 1. The second-order valence-electron chi connectivity index (χ2n) is 6.10. The molecule has 0 amide bonds. The van der Waals surface area contributed by atoms with E-state index in [0.29, 0.717) is 25.2 Å². The van der Waals surface area contributed by atoms with Gasteiger partial charge in [0, 0.05) is 19.6 Å². The van der Waals surface area contributed by atoms with Crippen LogP contribution in [0.2, 0.25) is 0 Å². The van der Waals surface area contributed by atoms with Gasteiger partial charge in [0.2, 0.25) is 0 Å². The SMILES string of the molecule is Cc1cc2nc3c(=O)[nH]c(=O)nc-3n(CCNCCO[PH](=O)O)c2cc1C. The molecule has 1 aromatic rings. The van der Waals surface area contributed by atoms with Crippen molar-refractivity contribution < 1.29 is 14.0 Å². The summed E-state index contributed by atoms with van der Waals surface area (Å²) in [4.78, 5) is 43.0. The van der Waals surface area contributed by atoms with Crippen LogP contribution in [0, 0.1) is 13.8 Å². The number of aromatic amines is 1. The predicted molar refractivity (Wildman–Crippen MR) is 101 cm³/mol. The van der Waals surface area contributed by atoms with Gasteiger partial charge in [0.1, 0.15) is 0 Å². The maximum Gasteiger partial charge on any atom is 0.349 e. The van der Waals surface area contributed by atoms with E-state index in [-0.39, 0.29) is 18.1 Å². The fourth-order valence-corrected chi connectivity index (χ4v) is 3.08. The number of nitrogens with zero attached hydrogens (tertiary/aromatic N) is 3. The van der Waals surface area contributed by atoms with Gasteiger partial charge in [-0.15, -0.1) is 0 Å². The molecule has 2 aliphatic rings. The molecule has 0 radical (unpaired) electrons. The highest BCUT2D eigenvalue weighted by Gasteiger charge is 2.18. The van der Waals surface area contributed by atoms with Gasteiger partial charge in [-0.05, 0) is 37.1 Å². The summed E-state index contributed by atoms with van der Waals surface area (Å²) in [6, 6.07) is 3.84. The third-order valence-electron chi connectivity index (χ3n) is 4.24. The monoisotopic (exact) mass is 393 g/mol. The lowest BCUT2D eigenvalue weighted by molar-refractivity contribution is 0.280. The van der Waals surface area contributed by atoms with Crippen molar-refractivity contribution in [2.24, 2.45) is 0 Å². The zero-order valence-electron chi connectivity index (χ0n) is 14.9. The van der Waals surface area contributed by atoms with E-state index in [2.05, 4.69) is 24.8 Å². The van der Waals surface area contributed by atoms with E-state index in [1.54, 1.807) is 4.57 Å². The van der Waals surface area contributed by atoms with Crippen LogP contribution >= 0.6 is 8.25 Å². The molecule has 1 unspecified atom stereocenters.